The lowest BCUT2D eigenvalue weighted by Crippen LogP contribution is -2.01. The van der Waals surface area contributed by atoms with Crippen molar-refractivity contribution in [3.63, 3.8) is 0 Å². The predicted molar refractivity (Wildman–Crippen MR) is 86.7 cm³/mol. The summed E-state index contributed by atoms with van der Waals surface area (Å²) in [7, 11) is 3.01. The van der Waals surface area contributed by atoms with Gasteiger partial charge in [0.05, 0.1) is 24.1 Å². The fraction of sp³-hybridized carbons (Fsp3) is 0.200. The van der Waals surface area contributed by atoms with Gasteiger partial charge in [0, 0.05) is 11.1 Å². The molecule has 112 valence electrons. The second kappa shape index (κ2) is 6.86. The summed E-state index contributed by atoms with van der Waals surface area (Å²) in [5.41, 5.74) is 1.09. The van der Waals surface area contributed by atoms with E-state index in [-0.39, 0.29) is 5.02 Å². The highest BCUT2D eigenvalue weighted by molar-refractivity contribution is 9.09. The van der Waals surface area contributed by atoms with Crippen molar-refractivity contribution in [2.45, 2.75) is 4.83 Å². The van der Waals surface area contributed by atoms with Crippen LogP contribution >= 0.6 is 39.1 Å². The van der Waals surface area contributed by atoms with Crippen LogP contribution in [0, 0.1) is 5.82 Å². The number of benzene rings is 2. The Labute approximate surface area is 140 Å². The summed E-state index contributed by atoms with van der Waals surface area (Å²) in [6.45, 7) is 0. The Morgan fingerprint density at radius 3 is 2.38 bits per heavy atom. The predicted octanol–water partition coefficient (Wildman–Crippen LogP) is 5.63. The van der Waals surface area contributed by atoms with E-state index in [0.29, 0.717) is 27.6 Å². The first-order chi connectivity index (χ1) is 10.0. The first kappa shape index (κ1) is 16.4. The quantitative estimate of drug-likeness (QED) is 0.626. The van der Waals surface area contributed by atoms with Crippen LogP contribution in [0.2, 0.25) is 10.0 Å². The van der Waals surface area contributed by atoms with Crippen LogP contribution in [-0.2, 0) is 0 Å². The minimum Gasteiger partial charge on any atom is -0.495 e. The molecule has 0 fully saturated rings. The Morgan fingerprint density at radius 2 is 1.76 bits per heavy atom. The number of alkyl halides is 1. The van der Waals surface area contributed by atoms with Crippen molar-refractivity contribution in [2.24, 2.45) is 0 Å². The Kier molecular flexibility index (Phi) is 5.36. The summed E-state index contributed by atoms with van der Waals surface area (Å²) in [6.07, 6.45) is 0. The smallest absolute Gasteiger partial charge is 0.146 e. The van der Waals surface area contributed by atoms with Gasteiger partial charge >= 0.3 is 0 Å². The van der Waals surface area contributed by atoms with Crippen LogP contribution in [-0.4, -0.2) is 14.2 Å². The summed E-state index contributed by atoms with van der Waals surface area (Å²) < 4.78 is 24.6. The van der Waals surface area contributed by atoms with Crippen LogP contribution in [0.1, 0.15) is 16.0 Å². The molecule has 0 heterocycles. The molecular weight excluding hydrogens is 382 g/mol. The van der Waals surface area contributed by atoms with Crippen molar-refractivity contribution in [3.05, 3.63) is 57.3 Å². The Morgan fingerprint density at radius 1 is 1.05 bits per heavy atom. The molecule has 2 aromatic carbocycles. The van der Waals surface area contributed by atoms with Crippen molar-refractivity contribution in [1.82, 2.24) is 0 Å². The van der Waals surface area contributed by atoms with E-state index >= 15 is 0 Å². The molecule has 1 unspecified atom stereocenters. The van der Waals surface area contributed by atoms with Gasteiger partial charge in [0.1, 0.15) is 22.3 Å². The van der Waals surface area contributed by atoms with Gasteiger partial charge in [0.25, 0.3) is 0 Å². The standard InChI is InChI=1S/C15H12BrCl2FO2/c1-20-11-7-6-9(15(21-2)13(11)18)12(16)8-4-3-5-10(17)14(8)19/h3-7,12H,1-2H3. The third-order valence-electron chi connectivity index (χ3n) is 3.04. The lowest BCUT2D eigenvalue weighted by molar-refractivity contribution is 0.392. The van der Waals surface area contributed by atoms with Crippen LogP contribution in [0.25, 0.3) is 0 Å². The van der Waals surface area contributed by atoms with Gasteiger partial charge < -0.3 is 9.47 Å². The van der Waals surface area contributed by atoms with Gasteiger partial charge in [0.15, 0.2) is 0 Å². The first-order valence-electron chi connectivity index (χ1n) is 5.99. The molecule has 0 saturated carbocycles. The Balaban J connectivity index is 2.56. The van der Waals surface area contributed by atoms with Gasteiger partial charge in [0.2, 0.25) is 0 Å². The number of methoxy groups -OCH3 is 2. The minimum absolute atomic E-state index is 0.0653. The molecule has 0 aromatic heterocycles. The molecule has 6 heteroatoms. The van der Waals surface area contributed by atoms with E-state index in [1.54, 1.807) is 24.3 Å². The first-order valence-corrected chi connectivity index (χ1v) is 7.66. The molecule has 0 spiro atoms. The number of halogens is 4. The molecule has 0 N–H and O–H groups in total. The zero-order chi connectivity index (χ0) is 15.6. The molecule has 2 rings (SSSR count). The van der Waals surface area contributed by atoms with Crippen molar-refractivity contribution < 1.29 is 13.9 Å². The number of ether oxygens (including phenoxy) is 2. The van der Waals surface area contributed by atoms with Crippen LogP contribution in [0.15, 0.2) is 30.3 Å². The molecule has 21 heavy (non-hydrogen) atoms. The van der Waals surface area contributed by atoms with E-state index in [1.807, 2.05) is 0 Å². The maximum Gasteiger partial charge on any atom is 0.146 e. The van der Waals surface area contributed by atoms with Crippen molar-refractivity contribution in [2.75, 3.05) is 14.2 Å². The molecule has 2 nitrogen and oxygen atoms in total. The van der Waals surface area contributed by atoms with Crippen molar-refractivity contribution >= 4 is 39.1 Å². The number of hydrogen-bond acceptors (Lipinski definition) is 2. The van der Waals surface area contributed by atoms with Crippen molar-refractivity contribution in [3.8, 4) is 11.5 Å². The minimum atomic E-state index is -0.477. The van der Waals surface area contributed by atoms with Crippen LogP contribution in [0.3, 0.4) is 0 Å². The zero-order valence-electron chi connectivity index (χ0n) is 11.3. The third-order valence-corrected chi connectivity index (χ3v) is 4.68. The van der Waals surface area contributed by atoms with Gasteiger partial charge in [-0.15, -0.1) is 0 Å². The largest absolute Gasteiger partial charge is 0.495 e. The summed E-state index contributed by atoms with van der Waals surface area (Å²) in [5, 5.41) is 0.403. The van der Waals surface area contributed by atoms with Gasteiger partial charge in [-0.25, -0.2) is 4.39 Å². The molecule has 0 bridgehead atoms. The van der Waals surface area contributed by atoms with E-state index in [9.17, 15) is 4.39 Å². The number of hydrogen-bond donors (Lipinski definition) is 0. The lowest BCUT2D eigenvalue weighted by atomic mass is 10.0. The number of rotatable bonds is 4. The maximum atomic E-state index is 14.2. The molecule has 0 aliphatic rings. The van der Waals surface area contributed by atoms with Crippen LogP contribution in [0.5, 0.6) is 11.5 Å². The third kappa shape index (κ3) is 3.12. The molecular formula is C15H12BrCl2FO2. The molecule has 0 aliphatic carbocycles. The average Bonchev–Trinajstić information content (AvgIpc) is 2.49. The highest BCUT2D eigenvalue weighted by atomic mass is 79.9. The summed E-state index contributed by atoms with van der Waals surface area (Å²) >= 11 is 15.5. The molecule has 0 radical (unpaired) electrons. The van der Waals surface area contributed by atoms with Gasteiger partial charge in [-0.3, -0.25) is 0 Å². The molecule has 0 amide bonds. The lowest BCUT2D eigenvalue weighted by Gasteiger charge is -2.18. The average molecular weight is 394 g/mol. The highest BCUT2D eigenvalue weighted by Crippen LogP contribution is 2.45. The van der Waals surface area contributed by atoms with E-state index in [2.05, 4.69) is 15.9 Å². The fourth-order valence-corrected chi connectivity index (χ4v) is 3.22. The van der Waals surface area contributed by atoms with Crippen molar-refractivity contribution in [1.29, 1.82) is 0 Å². The van der Waals surface area contributed by atoms with Crippen LogP contribution in [0.4, 0.5) is 4.39 Å². The van der Waals surface area contributed by atoms with Gasteiger partial charge in [-0.2, -0.15) is 0 Å². The Bertz CT molecular complexity index is 664. The monoisotopic (exact) mass is 392 g/mol. The molecule has 1 atom stereocenters. The molecule has 2 aromatic rings. The summed E-state index contributed by atoms with van der Waals surface area (Å²) in [5.74, 6) is 0.441. The van der Waals surface area contributed by atoms with Gasteiger partial charge in [-0.1, -0.05) is 57.3 Å². The molecule has 0 saturated heterocycles. The SMILES string of the molecule is COc1ccc(C(Br)c2cccc(Cl)c2F)c(OC)c1Cl. The zero-order valence-corrected chi connectivity index (χ0v) is 14.4. The Hall–Kier alpha value is -0.970. The molecule has 0 aliphatic heterocycles. The van der Waals surface area contributed by atoms with E-state index in [0.717, 1.165) is 0 Å². The normalized spacial score (nSPS) is 12.1. The fourth-order valence-electron chi connectivity index (χ4n) is 2.00. The van der Waals surface area contributed by atoms with Gasteiger partial charge in [-0.05, 0) is 12.1 Å². The maximum absolute atomic E-state index is 14.2. The highest BCUT2D eigenvalue weighted by Gasteiger charge is 2.23. The summed E-state index contributed by atoms with van der Waals surface area (Å²) in [6, 6.07) is 8.31. The second-order valence-corrected chi connectivity index (χ2v) is 5.91. The van der Waals surface area contributed by atoms with Crippen LogP contribution < -0.4 is 9.47 Å². The van der Waals surface area contributed by atoms with E-state index in [1.165, 1.54) is 20.3 Å². The topological polar surface area (TPSA) is 18.5 Å². The second-order valence-electron chi connectivity index (χ2n) is 4.21. The van der Waals surface area contributed by atoms with E-state index in [4.69, 9.17) is 32.7 Å². The summed E-state index contributed by atoms with van der Waals surface area (Å²) in [4.78, 5) is -0.449. The van der Waals surface area contributed by atoms with E-state index < -0.39 is 10.6 Å².